The van der Waals surface area contributed by atoms with Crippen molar-refractivity contribution in [3.8, 4) is 0 Å². The van der Waals surface area contributed by atoms with E-state index in [1.807, 2.05) is 0 Å². The average Bonchev–Trinajstić information content (AvgIpc) is 2.72. The summed E-state index contributed by atoms with van der Waals surface area (Å²) in [7, 11) is 4.23. The minimum absolute atomic E-state index is 0.379. The first-order valence-electron chi connectivity index (χ1n) is 6.60. The molecule has 0 aromatic carbocycles. The van der Waals surface area contributed by atoms with Crippen LogP contribution in [0, 0.1) is 17.8 Å². The third-order valence-corrected chi connectivity index (χ3v) is 4.80. The van der Waals surface area contributed by atoms with Crippen LogP contribution in [0.5, 0.6) is 0 Å². The van der Waals surface area contributed by atoms with E-state index < -0.39 is 0 Å². The van der Waals surface area contributed by atoms with Crippen LogP contribution in [-0.4, -0.2) is 48.9 Å². The summed E-state index contributed by atoms with van der Waals surface area (Å²) in [5.74, 6) is 2.67. The Balaban J connectivity index is 1.55. The van der Waals surface area contributed by atoms with Crippen LogP contribution in [0.2, 0.25) is 0 Å². The zero-order valence-corrected chi connectivity index (χ0v) is 10.4. The van der Waals surface area contributed by atoms with E-state index >= 15 is 0 Å². The molecule has 2 aliphatic carbocycles. The van der Waals surface area contributed by atoms with Crippen molar-refractivity contribution in [2.45, 2.75) is 31.7 Å². The summed E-state index contributed by atoms with van der Waals surface area (Å²) in [5, 5.41) is 0. The highest BCUT2D eigenvalue weighted by Gasteiger charge is 2.49. The van der Waals surface area contributed by atoms with Gasteiger partial charge in [-0.1, -0.05) is 0 Å². The van der Waals surface area contributed by atoms with Crippen molar-refractivity contribution in [1.29, 1.82) is 0 Å². The SMILES string of the molecule is CN(C)C1CCN(C(=O)C2CC3CC3C2)C1. The predicted molar refractivity (Wildman–Crippen MR) is 63.0 cm³/mol. The molecule has 0 aromatic heterocycles. The number of likely N-dealkylation sites (N-methyl/N-ethyl adjacent to an activating group) is 1. The lowest BCUT2D eigenvalue weighted by atomic mass is 10.0. The number of fused-ring (bicyclic) bond motifs is 1. The highest BCUT2D eigenvalue weighted by Crippen LogP contribution is 2.54. The topological polar surface area (TPSA) is 23.6 Å². The largest absolute Gasteiger partial charge is 0.341 e. The minimum atomic E-state index is 0.379. The molecule has 16 heavy (non-hydrogen) atoms. The van der Waals surface area contributed by atoms with Gasteiger partial charge in [0.2, 0.25) is 5.91 Å². The minimum Gasteiger partial charge on any atom is -0.341 e. The van der Waals surface area contributed by atoms with Crippen LogP contribution in [0.4, 0.5) is 0 Å². The van der Waals surface area contributed by atoms with Gasteiger partial charge in [0, 0.05) is 25.0 Å². The molecule has 3 aliphatic rings. The quantitative estimate of drug-likeness (QED) is 0.701. The molecule has 2 saturated carbocycles. The van der Waals surface area contributed by atoms with Gasteiger partial charge in [-0.25, -0.2) is 0 Å². The first kappa shape index (κ1) is 10.6. The van der Waals surface area contributed by atoms with Crippen LogP contribution in [0.25, 0.3) is 0 Å². The number of rotatable bonds is 2. The summed E-state index contributed by atoms with van der Waals surface area (Å²) in [4.78, 5) is 16.6. The second kappa shape index (κ2) is 3.73. The highest BCUT2D eigenvalue weighted by molar-refractivity contribution is 5.79. The Morgan fingerprint density at radius 1 is 1.19 bits per heavy atom. The van der Waals surface area contributed by atoms with Gasteiger partial charge in [-0.3, -0.25) is 4.79 Å². The highest BCUT2D eigenvalue weighted by atomic mass is 16.2. The average molecular weight is 222 g/mol. The van der Waals surface area contributed by atoms with Gasteiger partial charge in [0.15, 0.2) is 0 Å². The molecule has 0 N–H and O–H groups in total. The van der Waals surface area contributed by atoms with E-state index in [9.17, 15) is 4.79 Å². The molecule has 90 valence electrons. The van der Waals surface area contributed by atoms with Gasteiger partial charge in [0.05, 0.1) is 0 Å². The number of carbonyl (C=O) groups excluding carboxylic acids is 1. The molecule has 0 spiro atoms. The molecule has 3 heteroatoms. The Bertz CT molecular complexity index is 292. The number of carbonyl (C=O) groups is 1. The normalized spacial score (nSPS) is 41.6. The molecule has 0 bridgehead atoms. The summed E-state index contributed by atoms with van der Waals surface area (Å²) in [6.07, 6.45) is 4.93. The summed E-state index contributed by atoms with van der Waals surface area (Å²) < 4.78 is 0. The number of hydrogen-bond donors (Lipinski definition) is 0. The fourth-order valence-corrected chi connectivity index (χ4v) is 3.54. The van der Waals surface area contributed by atoms with Gasteiger partial charge in [0.1, 0.15) is 0 Å². The van der Waals surface area contributed by atoms with Gasteiger partial charge in [0.25, 0.3) is 0 Å². The Morgan fingerprint density at radius 3 is 2.44 bits per heavy atom. The Hall–Kier alpha value is -0.570. The van der Waals surface area contributed by atoms with Crippen molar-refractivity contribution in [3.63, 3.8) is 0 Å². The molecule has 1 amide bonds. The summed E-state index contributed by atoms with van der Waals surface area (Å²) >= 11 is 0. The van der Waals surface area contributed by atoms with Crippen LogP contribution in [0.3, 0.4) is 0 Å². The van der Waals surface area contributed by atoms with Gasteiger partial charge >= 0.3 is 0 Å². The van der Waals surface area contributed by atoms with Crippen LogP contribution in [-0.2, 0) is 4.79 Å². The van der Waals surface area contributed by atoms with Gasteiger partial charge in [-0.15, -0.1) is 0 Å². The second-order valence-electron chi connectivity index (χ2n) is 6.11. The second-order valence-corrected chi connectivity index (χ2v) is 6.11. The molecule has 0 aromatic rings. The van der Waals surface area contributed by atoms with Gasteiger partial charge in [-0.2, -0.15) is 0 Å². The first-order chi connectivity index (χ1) is 7.65. The monoisotopic (exact) mass is 222 g/mol. The van der Waals surface area contributed by atoms with Crippen LogP contribution >= 0.6 is 0 Å². The van der Waals surface area contributed by atoms with Gasteiger partial charge in [-0.05, 0) is 51.6 Å². The Labute approximate surface area is 97.8 Å². The summed E-state index contributed by atoms with van der Waals surface area (Å²) in [6.45, 7) is 1.94. The molecular weight excluding hydrogens is 200 g/mol. The van der Waals surface area contributed by atoms with Crippen LogP contribution < -0.4 is 0 Å². The number of amides is 1. The molecule has 1 saturated heterocycles. The molecule has 3 fully saturated rings. The van der Waals surface area contributed by atoms with Crippen molar-refractivity contribution in [2.75, 3.05) is 27.2 Å². The lowest BCUT2D eigenvalue weighted by Gasteiger charge is -2.23. The summed E-state index contributed by atoms with van der Waals surface area (Å²) in [5.41, 5.74) is 0. The maximum absolute atomic E-state index is 12.3. The number of nitrogens with zero attached hydrogens (tertiary/aromatic N) is 2. The van der Waals surface area contributed by atoms with E-state index in [1.54, 1.807) is 0 Å². The van der Waals surface area contributed by atoms with E-state index in [0.717, 1.165) is 31.3 Å². The van der Waals surface area contributed by atoms with Crippen molar-refractivity contribution in [3.05, 3.63) is 0 Å². The molecule has 1 heterocycles. The fraction of sp³-hybridized carbons (Fsp3) is 0.923. The number of hydrogen-bond acceptors (Lipinski definition) is 2. The first-order valence-corrected chi connectivity index (χ1v) is 6.60. The standard InChI is InChI=1S/C13H22N2O/c1-14(2)12-3-4-15(8-12)13(16)11-6-9-5-10(9)7-11/h9-12H,3-8H2,1-2H3. The zero-order chi connectivity index (χ0) is 11.3. The van der Waals surface area contributed by atoms with Crippen molar-refractivity contribution >= 4 is 5.91 Å². The van der Waals surface area contributed by atoms with E-state index in [4.69, 9.17) is 0 Å². The van der Waals surface area contributed by atoms with Crippen LogP contribution in [0.15, 0.2) is 0 Å². The smallest absolute Gasteiger partial charge is 0.225 e. The molecule has 3 rings (SSSR count). The summed E-state index contributed by atoms with van der Waals surface area (Å²) in [6, 6.07) is 0.583. The van der Waals surface area contributed by atoms with Crippen molar-refractivity contribution < 1.29 is 4.79 Å². The number of likely N-dealkylation sites (tertiary alicyclic amines) is 1. The van der Waals surface area contributed by atoms with E-state index in [0.29, 0.717) is 17.9 Å². The van der Waals surface area contributed by atoms with Crippen LogP contribution in [0.1, 0.15) is 25.7 Å². The molecule has 3 atom stereocenters. The van der Waals surface area contributed by atoms with Gasteiger partial charge < -0.3 is 9.80 Å². The molecule has 1 aliphatic heterocycles. The van der Waals surface area contributed by atoms with E-state index in [2.05, 4.69) is 23.9 Å². The molecule has 0 radical (unpaired) electrons. The predicted octanol–water partition coefficient (Wildman–Crippen LogP) is 1.19. The van der Waals surface area contributed by atoms with Crippen molar-refractivity contribution in [2.24, 2.45) is 17.8 Å². The lowest BCUT2D eigenvalue weighted by Crippen LogP contribution is -2.37. The molecule has 3 unspecified atom stereocenters. The van der Waals surface area contributed by atoms with Crippen molar-refractivity contribution in [1.82, 2.24) is 9.80 Å². The van der Waals surface area contributed by atoms with E-state index in [-0.39, 0.29) is 0 Å². The fourth-order valence-electron chi connectivity index (χ4n) is 3.54. The molecule has 3 nitrogen and oxygen atoms in total. The maximum Gasteiger partial charge on any atom is 0.225 e. The Kier molecular flexibility index (Phi) is 2.46. The third kappa shape index (κ3) is 1.75. The lowest BCUT2D eigenvalue weighted by molar-refractivity contribution is -0.134. The van der Waals surface area contributed by atoms with E-state index in [1.165, 1.54) is 19.3 Å². The third-order valence-electron chi connectivity index (χ3n) is 4.80. The Morgan fingerprint density at radius 2 is 1.88 bits per heavy atom. The maximum atomic E-state index is 12.3. The molecular formula is C13H22N2O. The zero-order valence-electron chi connectivity index (χ0n) is 10.4.